The second-order valence-electron chi connectivity index (χ2n) is 6.76. The van der Waals surface area contributed by atoms with Gasteiger partial charge in [0.2, 0.25) is 0 Å². The van der Waals surface area contributed by atoms with Gasteiger partial charge in [-0.05, 0) is 51.0 Å². The number of aryl methyl sites for hydroxylation is 1. The highest BCUT2D eigenvalue weighted by Crippen LogP contribution is 2.27. The first kappa shape index (κ1) is 17.7. The fraction of sp³-hybridized carbons (Fsp3) is 0.412. The number of fused-ring (bicyclic) bond motifs is 1. The molecule has 130 valence electrons. The maximum Gasteiger partial charge on any atom is 0.408 e. The molecule has 1 aromatic heterocycles. The lowest BCUT2D eigenvalue weighted by molar-refractivity contribution is -0.139. The van der Waals surface area contributed by atoms with Gasteiger partial charge in [0.15, 0.2) is 0 Å². The normalized spacial score (nSPS) is 12.8. The van der Waals surface area contributed by atoms with Crippen LogP contribution in [0.4, 0.5) is 10.5 Å². The molecule has 2 rings (SSSR count). The van der Waals surface area contributed by atoms with E-state index in [-0.39, 0.29) is 6.42 Å². The van der Waals surface area contributed by atoms with Gasteiger partial charge in [0.25, 0.3) is 0 Å². The van der Waals surface area contributed by atoms with E-state index in [2.05, 4.69) is 10.3 Å². The van der Waals surface area contributed by atoms with Crippen LogP contribution in [-0.2, 0) is 16.0 Å². The zero-order chi connectivity index (χ0) is 18.1. The number of amides is 1. The molecule has 0 aliphatic heterocycles. The number of aromatic nitrogens is 1. The van der Waals surface area contributed by atoms with Crippen molar-refractivity contribution >= 4 is 28.7 Å². The van der Waals surface area contributed by atoms with Crippen LogP contribution in [0.1, 0.15) is 31.9 Å². The number of nitrogen functional groups attached to an aromatic ring is 1. The number of alkyl carbamates (subject to hydrolysis) is 1. The zero-order valence-electron chi connectivity index (χ0n) is 14.3. The summed E-state index contributed by atoms with van der Waals surface area (Å²) in [7, 11) is 0. The lowest BCUT2D eigenvalue weighted by atomic mass is 10.0. The van der Waals surface area contributed by atoms with Gasteiger partial charge in [0.05, 0.1) is 0 Å². The number of rotatable bonds is 4. The van der Waals surface area contributed by atoms with Crippen molar-refractivity contribution in [2.24, 2.45) is 0 Å². The number of aromatic amines is 1. The Morgan fingerprint density at radius 1 is 1.38 bits per heavy atom. The Morgan fingerprint density at radius 3 is 2.62 bits per heavy atom. The second-order valence-corrected chi connectivity index (χ2v) is 6.76. The molecule has 2 aromatic rings. The average Bonchev–Trinajstić information content (AvgIpc) is 2.83. The molecule has 1 aromatic carbocycles. The molecule has 5 N–H and O–H groups in total. The van der Waals surface area contributed by atoms with Gasteiger partial charge in [-0.15, -0.1) is 0 Å². The number of carbonyl (C=O) groups excluding carboxylic acids is 1. The van der Waals surface area contributed by atoms with E-state index >= 15 is 0 Å². The lowest BCUT2D eigenvalue weighted by Gasteiger charge is -2.22. The van der Waals surface area contributed by atoms with Crippen LogP contribution < -0.4 is 11.1 Å². The van der Waals surface area contributed by atoms with Crippen LogP contribution in [0.2, 0.25) is 0 Å². The predicted octanol–water partition coefficient (Wildman–Crippen LogP) is 2.58. The number of nitrogens with one attached hydrogen (secondary N) is 2. The number of anilines is 1. The number of hydrogen-bond donors (Lipinski definition) is 4. The summed E-state index contributed by atoms with van der Waals surface area (Å²) in [5.74, 6) is -1.13. The summed E-state index contributed by atoms with van der Waals surface area (Å²) in [5, 5.41) is 12.7. The Hall–Kier alpha value is -2.70. The van der Waals surface area contributed by atoms with Gasteiger partial charge < -0.3 is 25.9 Å². The molecule has 1 atom stereocenters. The highest BCUT2D eigenvalue weighted by molar-refractivity contribution is 5.91. The van der Waals surface area contributed by atoms with Crippen LogP contribution in [-0.4, -0.2) is 33.8 Å². The third kappa shape index (κ3) is 3.98. The SMILES string of the molecule is Cc1c(N)ccc2[nH]cc(CC(NC(=O)OC(C)(C)C)C(=O)O)c12. The Kier molecular flexibility index (Phi) is 4.73. The van der Waals surface area contributed by atoms with Gasteiger partial charge in [0.1, 0.15) is 11.6 Å². The van der Waals surface area contributed by atoms with E-state index < -0.39 is 23.7 Å². The first-order chi connectivity index (χ1) is 11.1. The van der Waals surface area contributed by atoms with Crippen LogP contribution in [0.5, 0.6) is 0 Å². The van der Waals surface area contributed by atoms with Crippen LogP contribution in [0.15, 0.2) is 18.3 Å². The Labute approximate surface area is 140 Å². The smallest absolute Gasteiger partial charge is 0.408 e. The van der Waals surface area contributed by atoms with Crippen molar-refractivity contribution < 1.29 is 19.4 Å². The van der Waals surface area contributed by atoms with E-state index in [1.54, 1.807) is 33.0 Å². The molecule has 7 heteroatoms. The van der Waals surface area contributed by atoms with Gasteiger partial charge in [-0.2, -0.15) is 0 Å². The molecule has 0 spiro atoms. The van der Waals surface area contributed by atoms with Crippen LogP contribution in [0.25, 0.3) is 10.9 Å². The number of aliphatic carboxylic acids is 1. The van der Waals surface area contributed by atoms with E-state index in [0.29, 0.717) is 5.69 Å². The molecule has 0 fully saturated rings. The van der Waals surface area contributed by atoms with E-state index in [1.807, 2.05) is 13.0 Å². The highest BCUT2D eigenvalue weighted by Gasteiger charge is 2.25. The summed E-state index contributed by atoms with van der Waals surface area (Å²) in [6, 6.07) is 2.55. The quantitative estimate of drug-likeness (QED) is 0.642. The fourth-order valence-corrected chi connectivity index (χ4v) is 2.53. The van der Waals surface area contributed by atoms with Crippen molar-refractivity contribution in [3.63, 3.8) is 0 Å². The number of carboxylic acid groups (broad SMARTS) is 1. The first-order valence-corrected chi connectivity index (χ1v) is 7.66. The highest BCUT2D eigenvalue weighted by atomic mass is 16.6. The minimum atomic E-state index is -1.13. The molecular formula is C17H23N3O4. The molecule has 1 unspecified atom stereocenters. The van der Waals surface area contributed by atoms with E-state index in [0.717, 1.165) is 22.0 Å². The maximum absolute atomic E-state index is 11.9. The van der Waals surface area contributed by atoms with E-state index in [4.69, 9.17) is 10.5 Å². The summed E-state index contributed by atoms with van der Waals surface area (Å²) >= 11 is 0. The first-order valence-electron chi connectivity index (χ1n) is 7.66. The third-order valence-electron chi connectivity index (χ3n) is 3.64. The van der Waals surface area contributed by atoms with Crippen LogP contribution >= 0.6 is 0 Å². The van der Waals surface area contributed by atoms with Crippen LogP contribution in [0.3, 0.4) is 0 Å². The van der Waals surface area contributed by atoms with Crippen LogP contribution in [0, 0.1) is 6.92 Å². The van der Waals surface area contributed by atoms with Gasteiger partial charge in [-0.25, -0.2) is 9.59 Å². The molecule has 0 aliphatic rings. The standard InChI is InChI=1S/C17H23N3O4/c1-9-11(18)5-6-12-14(9)10(8-19-12)7-13(15(21)22)20-16(23)24-17(2,3)4/h5-6,8,13,19H,7,18H2,1-4H3,(H,20,23)(H,21,22). The number of carboxylic acids is 1. The molecule has 24 heavy (non-hydrogen) atoms. The lowest BCUT2D eigenvalue weighted by Crippen LogP contribution is -2.44. The van der Waals surface area contributed by atoms with E-state index in [9.17, 15) is 14.7 Å². The summed E-state index contributed by atoms with van der Waals surface area (Å²) in [5.41, 5.74) is 8.40. The number of benzene rings is 1. The minimum absolute atomic E-state index is 0.124. The monoisotopic (exact) mass is 333 g/mol. The van der Waals surface area contributed by atoms with Crippen molar-refractivity contribution in [2.45, 2.75) is 45.8 Å². The molecule has 1 heterocycles. The van der Waals surface area contributed by atoms with Crippen molar-refractivity contribution in [3.8, 4) is 0 Å². The molecule has 0 aliphatic carbocycles. The molecule has 1 amide bonds. The molecule has 0 radical (unpaired) electrons. The molecular weight excluding hydrogens is 310 g/mol. The number of hydrogen-bond acceptors (Lipinski definition) is 4. The second kappa shape index (κ2) is 6.43. The number of H-pyrrole nitrogens is 1. The van der Waals surface area contributed by atoms with Crippen molar-refractivity contribution in [3.05, 3.63) is 29.5 Å². The molecule has 0 saturated carbocycles. The molecule has 0 saturated heterocycles. The maximum atomic E-state index is 11.9. The Bertz CT molecular complexity index is 774. The zero-order valence-corrected chi connectivity index (χ0v) is 14.3. The third-order valence-corrected chi connectivity index (χ3v) is 3.64. The topological polar surface area (TPSA) is 117 Å². The van der Waals surface area contributed by atoms with Gasteiger partial charge in [0, 0.05) is 29.2 Å². The van der Waals surface area contributed by atoms with E-state index in [1.165, 1.54) is 0 Å². The predicted molar refractivity (Wildman–Crippen MR) is 91.9 cm³/mol. The summed E-state index contributed by atoms with van der Waals surface area (Å²) < 4.78 is 5.13. The summed E-state index contributed by atoms with van der Waals surface area (Å²) in [6.07, 6.45) is 1.11. The average molecular weight is 333 g/mol. The number of nitrogens with two attached hydrogens (primary N) is 1. The summed E-state index contributed by atoms with van der Waals surface area (Å²) in [4.78, 5) is 26.5. The Morgan fingerprint density at radius 2 is 2.04 bits per heavy atom. The van der Waals surface area contributed by atoms with Gasteiger partial charge in [-0.3, -0.25) is 0 Å². The molecule has 0 bridgehead atoms. The minimum Gasteiger partial charge on any atom is -0.480 e. The van der Waals surface area contributed by atoms with Crippen molar-refractivity contribution in [2.75, 3.05) is 5.73 Å². The number of carbonyl (C=O) groups is 2. The van der Waals surface area contributed by atoms with Crippen molar-refractivity contribution in [1.82, 2.24) is 10.3 Å². The van der Waals surface area contributed by atoms with Gasteiger partial charge >= 0.3 is 12.1 Å². The molecule has 7 nitrogen and oxygen atoms in total. The Balaban J connectivity index is 2.24. The number of ether oxygens (including phenoxy) is 1. The summed E-state index contributed by atoms with van der Waals surface area (Å²) in [6.45, 7) is 7.03. The fourth-order valence-electron chi connectivity index (χ4n) is 2.53. The van der Waals surface area contributed by atoms with Gasteiger partial charge in [-0.1, -0.05) is 0 Å². The largest absolute Gasteiger partial charge is 0.480 e. The van der Waals surface area contributed by atoms with Crippen molar-refractivity contribution in [1.29, 1.82) is 0 Å².